The molecule has 2 unspecified atom stereocenters. The molecule has 2 aliphatic carbocycles. The van der Waals surface area contributed by atoms with E-state index in [0.717, 1.165) is 36.2 Å². The van der Waals surface area contributed by atoms with Gasteiger partial charge in [0.2, 0.25) is 0 Å². The van der Waals surface area contributed by atoms with Crippen molar-refractivity contribution in [2.75, 3.05) is 0 Å². The zero-order chi connectivity index (χ0) is 18.4. The molecule has 1 aromatic carbocycles. The van der Waals surface area contributed by atoms with Crippen LogP contribution < -0.4 is 0 Å². The SMILES string of the molecule is C=C(C)CC1=C(OC(=O)c2ccc([N+](=O)[O-])cc2)C2CC2C(C)(C)C1. The number of esters is 1. The molecule has 0 spiro atoms. The summed E-state index contributed by atoms with van der Waals surface area (Å²) < 4.78 is 5.77. The number of carbonyl (C=O) groups excluding carboxylic acids is 1. The van der Waals surface area contributed by atoms with Crippen molar-refractivity contribution in [3.63, 3.8) is 0 Å². The lowest BCUT2D eigenvalue weighted by atomic mass is 9.75. The van der Waals surface area contributed by atoms with Gasteiger partial charge in [0.1, 0.15) is 5.76 Å². The number of fused-ring (bicyclic) bond motifs is 1. The average Bonchev–Trinajstić information content (AvgIpc) is 3.32. The minimum atomic E-state index is -0.485. The summed E-state index contributed by atoms with van der Waals surface area (Å²) in [4.78, 5) is 22.7. The molecule has 5 nitrogen and oxygen atoms in total. The first-order chi connectivity index (χ1) is 11.7. The number of hydrogen-bond acceptors (Lipinski definition) is 4. The second kappa shape index (κ2) is 6.14. The maximum atomic E-state index is 12.5. The van der Waals surface area contributed by atoms with Crippen molar-refractivity contribution in [2.45, 2.75) is 40.0 Å². The summed E-state index contributed by atoms with van der Waals surface area (Å²) in [6.07, 6.45) is 2.70. The second-order valence-corrected chi connectivity index (χ2v) is 7.91. The summed E-state index contributed by atoms with van der Waals surface area (Å²) in [5, 5.41) is 10.7. The third kappa shape index (κ3) is 3.50. The number of nitro benzene ring substituents is 1. The van der Waals surface area contributed by atoms with Crippen LogP contribution in [-0.4, -0.2) is 10.9 Å². The van der Waals surface area contributed by atoms with Crippen LogP contribution in [-0.2, 0) is 4.74 Å². The fourth-order valence-electron chi connectivity index (χ4n) is 3.92. The summed E-state index contributed by atoms with van der Waals surface area (Å²) in [5.74, 6) is 1.21. The number of benzene rings is 1. The van der Waals surface area contributed by atoms with Gasteiger partial charge in [0.05, 0.1) is 10.5 Å². The molecule has 0 N–H and O–H groups in total. The molecule has 2 aliphatic rings. The Kier molecular flexibility index (Phi) is 4.27. The van der Waals surface area contributed by atoms with Crippen LogP contribution in [0.5, 0.6) is 0 Å². The van der Waals surface area contributed by atoms with E-state index in [4.69, 9.17) is 4.74 Å². The highest BCUT2D eigenvalue weighted by molar-refractivity contribution is 5.90. The maximum absolute atomic E-state index is 12.5. The highest BCUT2D eigenvalue weighted by Gasteiger charge is 2.54. The topological polar surface area (TPSA) is 69.4 Å². The molecule has 0 aromatic heterocycles. The molecule has 25 heavy (non-hydrogen) atoms. The highest BCUT2D eigenvalue weighted by atomic mass is 16.6. The predicted octanol–water partition coefficient (Wildman–Crippen LogP) is 5.04. The monoisotopic (exact) mass is 341 g/mol. The van der Waals surface area contributed by atoms with Crippen molar-refractivity contribution >= 4 is 11.7 Å². The number of nitrogens with zero attached hydrogens (tertiary/aromatic N) is 1. The molecular weight excluding hydrogens is 318 g/mol. The lowest BCUT2D eigenvalue weighted by molar-refractivity contribution is -0.384. The Labute approximate surface area is 147 Å². The first-order valence-electron chi connectivity index (χ1n) is 8.52. The van der Waals surface area contributed by atoms with E-state index < -0.39 is 10.9 Å². The minimum Gasteiger partial charge on any atom is -0.427 e. The molecule has 0 bridgehead atoms. The first-order valence-corrected chi connectivity index (χ1v) is 8.52. The van der Waals surface area contributed by atoms with Crippen LogP contribution in [0.1, 0.15) is 50.4 Å². The maximum Gasteiger partial charge on any atom is 0.343 e. The Morgan fingerprint density at radius 1 is 1.36 bits per heavy atom. The van der Waals surface area contributed by atoms with Crippen molar-refractivity contribution in [1.82, 2.24) is 0 Å². The predicted molar refractivity (Wildman–Crippen MR) is 95.0 cm³/mol. The number of nitro groups is 1. The van der Waals surface area contributed by atoms with Crippen molar-refractivity contribution in [3.8, 4) is 0 Å². The van der Waals surface area contributed by atoms with E-state index in [2.05, 4.69) is 20.4 Å². The van der Waals surface area contributed by atoms with Gasteiger partial charge in [-0.05, 0) is 55.2 Å². The number of hydrogen-bond donors (Lipinski definition) is 0. The van der Waals surface area contributed by atoms with Gasteiger partial charge in [-0.2, -0.15) is 0 Å². The molecule has 1 aromatic rings. The van der Waals surface area contributed by atoms with Crippen molar-refractivity contribution in [2.24, 2.45) is 17.3 Å². The van der Waals surface area contributed by atoms with Gasteiger partial charge in [-0.25, -0.2) is 4.79 Å². The van der Waals surface area contributed by atoms with E-state index in [1.807, 2.05) is 6.92 Å². The molecule has 0 heterocycles. The summed E-state index contributed by atoms with van der Waals surface area (Å²) in [6, 6.07) is 5.53. The lowest BCUT2D eigenvalue weighted by Gasteiger charge is -2.32. The van der Waals surface area contributed by atoms with E-state index in [0.29, 0.717) is 17.4 Å². The van der Waals surface area contributed by atoms with Gasteiger partial charge in [0.25, 0.3) is 5.69 Å². The summed E-state index contributed by atoms with van der Waals surface area (Å²) in [7, 11) is 0. The van der Waals surface area contributed by atoms with E-state index >= 15 is 0 Å². The summed E-state index contributed by atoms with van der Waals surface area (Å²) >= 11 is 0. The van der Waals surface area contributed by atoms with E-state index in [9.17, 15) is 14.9 Å². The Hall–Kier alpha value is -2.43. The molecule has 0 aliphatic heterocycles. The number of non-ortho nitro benzene ring substituents is 1. The number of allylic oxidation sites excluding steroid dienone is 3. The van der Waals surface area contributed by atoms with Crippen LogP contribution in [0.2, 0.25) is 0 Å². The lowest BCUT2D eigenvalue weighted by Crippen LogP contribution is -2.24. The number of rotatable bonds is 5. The van der Waals surface area contributed by atoms with Gasteiger partial charge in [-0.3, -0.25) is 10.1 Å². The highest BCUT2D eigenvalue weighted by Crippen LogP contribution is 2.61. The molecule has 0 saturated heterocycles. The van der Waals surface area contributed by atoms with Gasteiger partial charge in [0, 0.05) is 18.1 Å². The van der Waals surface area contributed by atoms with Gasteiger partial charge in [-0.15, -0.1) is 0 Å². The quantitative estimate of drug-likeness (QED) is 0.326. The summed E-state index contributed by atoms with van der Waals surface area (Å²) in [6.45, 7) is 10.5. The fourth-order valence-corrected chi connectivity index (χ4v) is 3.92. The minimum absolute atomic E-state index is 0.0413. The molecule has 2 atom stereocenters. The Balaban J connectivity index is 1.83. The second-order valence-electron chi connectivity index (χ2n) is 7.91. The molecular formula is C20H23NO4. The van der Waals surface area contributed by atoms with E-state index in [-0.39, 0.29) is 11.1 Å². The number of ether oxygens (including phenoxy) is 1. The van der Waals surface area contributed by atoms with E-state index in [1.54, 1.807) is 0 Å². The van der Waals surface area contributed by atoms with Crippen LogP contribution in [0, 0.1) is 27.4 Å². The van der Waals surface area contributed by atoms with Crippen LogP contribution in [0.15, 0.2) is 47.7 Å². The van der Waals surface area contributed by atoms with Crippen LogP contribution in [0.25, 0.3) is 0 Å². The van der Waals surface area contributed by atoms with Gasteiger partial charge in [0.15, 0.2) is 0 Å². The Bertz CT molecular complexity index is 773. The molecule has 132 valence electrons. The first kappa shape index (κ1) is 17.4. The normalized spacial score (nSPS) is 23.6. The average molecular weight is 341 g/mol. The van der Waals surface area contributed by atoms with Crippen molar-refractivity contribution < 1.29 is 14.5 Å². The molecule has 5 heteroatoms. The molecule has 1 saturated carbocycles. The van der Waals surface area contributed by atoms with E-state index in [1.165, 1.54) is 24.3 Å². The van der Waals surface area contributed by atoms with Gasteiger partial charge < -0.3 is 4.74 Å². The third-order valence-corrected chi connectivity index (χ3v) is 5.18. The Morgan fingerprint density at radius 3 is 2.56 bits per heavy atom. The molecule has 3 rings (SSSR count). The molecule has 1 fully saturated rings. The zero-order valence-corrected chi connectivity index (χ0v) is 14.9. The van der Waals surface area contributed by atoms with Crippen LogP contribution in [0.4, 0.5) is 5.69 Å². The van der Waals surface area contributed by atoms with Crippen molar-refractivity contribution in [1.29, 1.82) is 0 Å². The smallest absolute Gasteiger partial charge is 0.343 e. The third-order valence-electron chi connectivity index (χ3n) is 5.18. The zero-order valence-electron chi connectivity index (χ0n) is 14.9. The van der Waals surface area contributed by atoms with Gasteiger partial charge >= 0.3 is 5.97 Å². The van der Waals surface area contributed by atoms with Gasteiger partial charge in [-0.1, -0.05) is 26.0 Å². The fraction of sp³-hybridized carbons (Fsp3) is 0.450. The molecule has 0 amide bonds. The molecule has 0 radical (unpaired) electrons. The Morgan fingerprint density at radius 2 is 2.00 bits per heavy atom. The number of carbonyl (C=O) groups is 1. The largest absolute Gasteiger partial charge is 0.427 e. The van der Waals surface area contributed by atoms with Crippen LogP contribution >= 0.6 is 0 Å². The standard InChI is InChI=1S/C20H23NO4/c1-12(2)9-14-11-20(3,4)17-10-16(17)18(14)25-19(22)13-5-7-15(8-6-13)21(23)24/h5-8,16-17H,1,9-11H2,2-4H3. The summed E-state index contributed by atoms with van der Waals surface area (Å²) in [5.41, 5.74) is 2.72. The van der Waals surface area contributed by atoms with Crippen molar-refractivity contribution in [3.05, 3.63) is 63.4 Å². The van der Waals surface area contributed by atoms with Crippen LogP contribution in [0.3, 0.4) is 0 Å².